The molecule has 30 heavy (non-hydrogen) atoms. The van der Waals surface area contributed by atoms with E-state index < -0.39 is 0 Å². The van der Waals surface area contributed by atoms with Crippen molar-refractivity contribution in [2.45, 2.75) is 53.0 Å². The molecule has 0 spiro atoms. The minimum absolute atomic E-state index is 0.0234. The molecule has 1 aromatic carbocycles. The number of nitrogens with one attached hydrogen (secondary N) is 2. The number of anilines is 1. The molecule has 1 aliphatic heterocycles. The fourth-order valence-corrected chi connectivity index (χ4v) is 4.63. The molecule has 2 fully saturated rings. The molecular weight excluding hydrogens is 376 g/mol. The third kappa shape index (κ3) is 6.05. The molecule has 0 aromatic heterocycles. The average Bonchev–Trinajstić information content (AvgIpc) is 2.70. The summed E-state index contributed by atoms with van der Waals surface area (Å²) >= 11 is 0. The standard InChI is InChI=1S/C24H38N4O2/c1-17-7-5-9-21(19(17)3)25-23(29)15-27-11-13-28(14-12-27)16-24(30)26-22-10-6-8-18(2)20(22)4/h5,7,9,18,20,22H,6,8,10-16H2,1-4H3,(H,25,29)(H,26,30)/t18-,20-,22-/m0/s1. The summed E-state index contributed by atoms with van der Waals surface area (Å²) in [7, 11) is 0. The summed E-state index contributed by atoms with van der Waals surface area (Å²) in [6, 6.07) is 6.29. The van der Waals surface area contributed by atoms with Gasteiger partial charge < -0.3 is 10.6 Å². The zero-order valence-corrected chi connectivity index (χ0v) is 19.0. The van der Waals surface area contributed by atoms with Gasteiger partial charge in [0.25, 0.3) is 0 Å². The van der Waals surface area contributed by atoms with Gasteiger partial charge in [0.15, 0.2) is 0 Å². The van der Waals surface area contributed by atoms with Gasteiger partial charge in [-0.1, -0.05) is 38.8 Å². The summed E-state index contributed by atoms with van der Waals surface area (Å²) in [6.45, 7) is 12.7. The Bertz CT molecular complexity index is 743. The molecule has 2 N–H and O–H groups in total. The molecule has 0 bridgehead atoms. The molecule has 6 nitrogen and oxygen atoms in total. The molecule has 1 aliphatic carbocycles. The Kier molecular flexibility index (Phi) is 7.89. The molecule has 1 heterocycles. The van der Waals surface area contributed by atoms with Gasteiger partial charge in [0.2, 0.25) is 11.8 Å². The Morgan fingerprint density at radius 1 is 0.967 bits per heavy atom. The van der Waals surface area contributed by atoms with E-state index in [1.165, 1.54) is 18.4 Å². The molecule has 1 aromatic rings. The lowest BCUT2D eigenvalue weighted by Crippen LogP contribution is -2.52. The third-order valence-electron chi connectivity index (χ3n) is 7.13. The summed E-state index contributed by atoms with van der Waals surface area (Å²) in [5.41, 5.74) is 3.18. The van der Waals surface area contributed by atoms with E-state index >= 15 is 0 Å². The fourth-order valence-electron chi connectivity index (χ4n) is 4.63. The maximum atomic E-state index is 12.5. The van der Waals surface area contributed by atoms with E-state index in [4.69, 9.17) is 0 Å². The van der Waals surface area contributed by atoms with Crippen LogP contribution in [-0.2, 0) is 9.59 Å². The first-order valence-corrected chi connectivity index (χ1v) is 11.4. The Hall–Kier alpha value is -1.92. The molecule has 6 heteroatoms. The molecule has 0 radical (unpaired) electrons. The summed E-state index contributed by atoms with van der Waals surface area (Å²) in [5.74, 6) is 1.40. The zero-order valence-electron chi connectivity index (χ0n) is 19.0. The van der Waals surface area contributed by atoms with Crippen LogP contribution < -0.4 is 10.6 Å². The molecule has 3 atom stereocenters. The van der Waals surface area contributed by atoms with Crippen LogP contribution in [0.3, 0.4) is 0 Å². The number of rotatable bonds is 6. The lowest BCUT2D eigenvalue weighted by Gasteiger charge is -2.36. The predicted molar refractivity (Wildman–Crippen MR) is 122 cm³/mol. The Balaban J connectivity index is 1.38. The van der Waals surface area contributed by atoms with Gasteiger partial charge in [-0.3, -0.25) is 19.4 Å². The van der Waals surface area contributed by atoms with Crippen LogP contribution in [0.15, 0.2) is 18.2 Å². The lowest BCUT2D eigenvalue weighted by molar-refractivity contribution is -0.124. The molecule has 1 saturated heterocycles. The van der Waals surface area contributed by atoms with Gasteiger partial charge in [-0.05, 0) is 49.3 Å². The molecule has 2 amide bonds. The van der Waals surface area contributed by atoms with E-state index in [1.807, 2.05) is 19.1 Å². The van der Waals surface area contributed by atoms with E-state index in [0.717, 1.165) is 43.9 Å². The lowest BCUT2D eigenvalue weighted by atomic mass is 9.78. The number of benzene rings is 1. The summed E-state index contributed by atoms with van der Waals surface area (Å²) in [5, 5.41) is 6.31. The second-order valence-corrected chi connectivity index (χ2v) is 9.29. The maximum Gasteiger partial charge on any atom is 0.238 e. The Morgan fingerprint density at radius 3 is 2.27 bits per heavy atom. The SMILES string of the molecule is Cc1cccc(NC(=O)CN2CCN(CC(=O)N[C@H]3CCC[C@H](C)[C@@H]3C)CC2)c1C. The quantitative estimate of drug-likeness (QED) is 0.751. The number of hydrogen-bond donors (Lipinski definition) is 2. The molecule has 2 aliphatic rings. The molecular formula is C24H38N4O2. The van der Waals surface area contributed by atoms with E-state index in [1.54, 1.807) is 0 Å². The van der Waals surface area contributed by atoms with Crippen molar-refractivity contribution in [1.29, 1.82) is 0 Å². The first kappa shape index (κ1) is 22.8. The monoisotopic (exact) mass is 414 g/mol. The van der Waals surface area contributed by atoms with E-state index in [0.29, 0.717) is 31.0 Å². The first-order valence-electron chi connectivity index (χ1n) is 11.4. The van der Waals surface area contributed by atoms with Crippen molar-refractivity contribution in [1.82, 2.24) is 15.1 Å². The van der Waals surface area contributed by atoms with Gasteiger partial charge >= 0.3 is 0 Å². The van der Waals surface area contributed by atoms with Crippen molar-refractivity contribution < 1.29 is 9.59 Å². The number of carbonyl (C=O) groups is 2. The number of hydrogen-bond acceptors (Lipinski definition) is 4. The third-order valence-corrected chi connectivity index (χ3v) is 7.13. The number of piperazine rings is 1. The van der Waals surface area contributed by atoms with Crippen LogP contribution in [0.2, 0.25) is 0 Å². The van der Waals surface area contributed by atoms with E-state index in [-0.39, 0.29) is 11.8 Å². The van der Waals surface area contributed by atoms with Gasteiger partial charge in [0.1, 0.15) is 0 Å². The van der Waals surface area contributed by atoms with Crippen LogP contribution in [0.5, 0.6) is 0 Å². The number of aryl methyl sites for hydroxylation is 1. The van der Waals surface area contributed by atoms with Crippen LogP contribution in [0.1, 0.15) is 44.2 Å². The van der Waals surface area contributed by atoms with Gasteiger partial charge in [-0.2, -0.15) is 0 Å². The molecule has 166 valence electrons. The van der Waals surface area contributed by atoms with Crippen LogP contribution in [0.25, 0.3) is 0 Å². The predicted octanol–water partition coefficient (Wildman–Crippen LogP) is 2.80. The highest BCUT2D eigenvalue weighted by Crippen LogP contribution is 2.29. The summed E-state index contributed by atoms with van der Waals surface area (Å²) in [4.78, 5) is 29.3. The Morgan fingerprint density at radius 2 is 1.60 bits per heavy atom. The molecule has 1 saturated carbocycles. The van der Waals surface area contributed by atoms with Gasteiger partial charge in [0, 0.05) is 37.9 Å². The van der Waals surface area contributed by atoms with Gasteiger partial charge in [0.05, 0.1) is 13.1 Å². The van der Waals surface area contributed by atoms with E-state index in [9.17, 15) is 9.59 Å². The van der Waals surface area contributed by atoms with Crippen LogP contribution in [0, 0.1) is 25.7 Å². The number of amides is 2. The summed E-state index contributed by atoms with van der Waals surface area (Å²) in [6.07, 6.45) is 3.58. The van der Waals surface area contributed by atoms with Crippen molar-refractivity contribution in [3.05, 3.63) is 29.3 Å². The smallest absolute Gasteiger partial charge is 0.238 e. The largest absolute Gasteiger partial charge is 0.352 e. The number of carbonyl (C=O) groups excluding carboxylic acids is 2. The first-order chi connectivity index (χ1) is 14.3. The highest BCUT2D eigenvalue weighted by Gasteiger charge is 2.29. The average molecular weight is 415 g/mol. The Labute approximate surface area is 181 Å². The minimum Gasteiger partial charge on any atom is -0.352 e. The molecule has 0 unspecified atom stereocenters. The van der Waals surface area contributed by atoms with Crippen molar-refractivity contribution in [3.8, 4) is 0 Å². The van der Waals surface area contributed by atoms with Crippen molar-refractivity contribution in [2.24, 2.45) is 11.8 Å². The maximum absolute atomic E-state index is 12.5. The van der Waals surface area contributed by atoms with Crippen molar-refractivity contribution >= 4 is 17.5 Å². The normalized spacial score (nSPS) is 25.7. The fraction of sp³-hybridized carbons (Fsp3) is 0.667. The topological polar surface area (TPSA) is 64.7 Å². The van der Waals surface area contributed by atoms with Crippen LogP contribution >= 0.6 is 0 Å². The second-order valence-electron chi connectivity index (χ2n) is 9.29. The minimum atomic E-state index is 0.0234. The zero-order chi connectivity index (χ0) is 21.7. The second kappa shape index (κ2) is 10.4. The number of nitrogens with zero attached hydrogens (tertiary/aromatic N) is 2. The van der Waals surface area contributed by atoms with Crippen LogP contribution in [-0.4, -0.2) is 66.9 Å². The molecule has 3 rings (SSSR count). The highest BCUT2D eigenvalue weighted by molar-refractivity contribution is 5.93. The van der Waals surface area contributed by atoms with Crippen LogP contribution in [0.4, 0.5) is 5.69 Å². The highest BCUT2D eigenvalue weighted by atomic mass is 16.2. The van der Waals surface area contributed by atoms with Crippen molar-refractivity contribution in [2.75, 3.05) is 44.6 Å². The van der Waals surface area contributed by atoms with Crippen molar-refractivity contribution in [3.63, 3.8) is 0 Å². The summed E-state index contributed by atoms with van der Waals surface area (Å²) < 4.78 is 0. The van der Waals surface area contributed by atoms with Gasteiger partial charge in [-0.15, -0.1) is 0 Å². The van der Waals surface area contributed by atoms with E-state index in [2.05, 4.69) is 47.3 Å². The van der Waals surface area contributed by atoms with Gasteiger partial charge in [-0.25, -0.2) is 0 Å².